The van der Waals surface area contributed by atoms with E-state index < -0.39 is 0 Å². The molecule has 0 atom stereocenters. The maximum Gasteiger partial charge on any atom is 0.253 e. The number of aromatic nitrogens is 3. The monoisotopic (exact) mass is 439 g/mol. The van der Waals surface area contributed by atoms with Crippen molar-refractivity contribution in [2.24, 2.45) is 5.92 Å². The lowest BCUT2D eigenvalue weighted by molar-refractivity contribution is -0.121. The second-order valence-electron chi connectivity index (χ2n) is 8.35. The van der Waals surface area contributed by atoms with Crippen molar-refractivity contribution >= 4 is 28.5 Å². The normalized spacial score (nSPS) is 14.4. The number of fused-ring (bicyclic) bond motifs is 1. The number of para-hydroxylation sites is 2. The fourth-order valence-corrected chi connectivity index (χ4v) is 4.25. The minimum atomic E-state index is -0.0749. The number of anilines is 1. The van der Waals surface area contributed by atoms with Crippen LogP contribution in [-0.2, 0) is 11.3 Å². The van der Waals surface area contributed by atoms with Gasteiger partial charge in [0, 0.05) is 30.3 Å². The third-order valence-electron chi connectivity index (χ3n) is 6.15. The van der Waals surface area contributed by atoms with Crippen molar-refractivity contribution in [1.82, 2.24) is 19.9 Å². The Hall–Kier alpha value is -4.00. The molecule has 0 bridgehead atoms. The number of carbonyl (C=O) groups is 2. The Morgan fingerprint density at radius 2 is 1.58 bits per heavy atom. The zero-order valence-corrected chi connectivity index (χ0v) is 18.2. The van der Waals surface area contributed by atoms with E-state index in [1.165, 1.54) is 0 Å². The minimum Gasteiger partial charge on any atom is -0.339 e. The van der Waals surface area contributed by atoms with Gasteiger partial charge < -0.3 is 10.2 Å². The van der Waals surface area contributed by atoms with Crippen LogP contribution >= 0.6 is 0 Å². The zero-order chi connectivity index (χ0) is 22.6. The number of carbonyl (C=O) groups excluding carboxylic acids is 2. The number of hydrogen-bond acceptors (Lipinski definition) is 4. The molecule has 2 heterocycles. The van der Waals surface area contributed by atoms with Crippen molar-refractivity contribution in [1.29, 1.82) is 0 Å². The molecule has 1 fully saturated rings. The van der Waals surface area contributed by atoms with Crippen LogP contribution in [0.4, 0.5) is 5.69 Å². The summed E-state index contributed by atoms with van der Waals surface area (Å²) in [5.74, 6) is -0.0397. The molecule has 1 aromatic heterocycles. The number of likely N-dealkylation sites (tertiary alicyclic amines) is 1. The van der Waals surface area contributed by atoms with E-state index in [0.29, 0.717) is 38.0 Å². The Balaban J connectivity index is 1.17. The molecule has 7 nitrogen and oxygen atoms in total. The number of amides is 2. The first-order chi connectivity index (χ1) is 16.2. The van der Waals surface area contributed by atoms with Crippen LogP contribution in [0.2, 0.25) is 0 Å². The van der Waals surface area contributed by atoms with E-state index in [4.69, 9.17) is 0 Å². The zero-order valence-electron chi connectivity index (χ0n) is 18.2. The third-order valence-corrected chi connectivity index (χ3v) is 6.15. The summed E-state index contributed by atoms with van der Waals surface area (Å²) in [6, 6.07) is 25.0. The fourth-order valence-electron chi connectivity index (χ4n) is 4.25. The number of nitrogens with zero attached hydrogens (tertiary/aromatic N) is 4. The van der Waals surface area contributed by atoms with Gasteiger partial charge in [-0.15, -0.1) is 5.10 Å². The van der Waals surface area contributed by atoms with E-state index in [9.17, 15) is 9.59 Å². The summed E-state index contributed by atoms with van der Waals surface area (Å²) in [7, 11) is 0. The molecule has 0 saturated carbocycles. The Morgan fingerprint density at radius 3 is 2.33 bits per heavy atom. The van der Waals surface area contributed by atoms with Crippen LogP contribution < -0.4 is 5.32 Å². The number of rotatable bonds is 5. The number of benzene rings is 3. The second kappa shape index (κ2) is 9.24. The summed E-state index contributed by atoms with van der Waals surface area (Å²) in [5.41, 5.74) is 4.37. The molecule has 2 amide bonds. The van der Waals surface area contributed by atoms with Gasteiger partial charge in [-0.05, 0) is 54.8 Å². The fraction of sp³-hybridized carbons (Fsp3) is 0.231. The van der Waals surface area contributed by atoms with Gasteiger partial charge in [0.15, 0.2) is 0 Å². The molecule has 1 N–H and O–H groups in total. The lowest BCUT2D eigenvalue weighted by Gasteiger charge is -2.31. The summed E-state index contributed by atoms with van der Waals surface area (Å²) >= 11 is 0. The van der Waals surface area contributed by atoms with Crippen LogP contribution in [-0.4, -0.2) is 44.8 Å². The van der Waals surface area contributed by atoms with Gasteiger partial charge in [-0.2, -0.15) is 0 Å². The first kappa shape index (κ1) is 20.9. The molecule has 0 spiro atoms. The molecule has 0 radical (unpaired) electrons. The van der Waals surface area contributed by atoms with E-state index in [2.05, 4.69) is 15.6 Å². The van der Waals surface area contributed by atoms with Gasteiger partial charge in [0.25, 0.3) is 5.91 Å². The molecule has 0 unspecified atom stereocenters. The van der Waals surface area contributed by atoms with E-state index in [1.54, 1.807) is 0 Å². The molecule has 1 saturated heterocycles. The highest BCUT2D eigenvalue weighted by atomic mass is 16.2. The predicted molar refractivity (Wildman–Crippen MR) is 127 cm³/mol. The van der Waals surface area contributed by atoms with Gasteiger partial charge >= 0.3 is 0 Å². The lowest BCUT2D eigenvalue weighted by atomic mass is 9.95. The molecule has 4 aromatic rings. The van der Waals surface area contributed by atoms with Gasteiger partial charge in [-0.1, -0.05) is 47.7 Å². The molecular weight excluding hydrogens is 414 g/mol. The summed E-state index contributed by atoms with van der Waals surface area (Å²) in [5, 5.41) is 11.4. The molecule has 33 heavy (non-hydrogen) atoms. The average Bonchev–Trinajstić information content (AvgIpc) is 3.27. The summed E-state index contributed by atoms with van der Waals surface area (Å²) in [4.78, 5) is 27.3. The summed E-state index contributed by atoms with van der Waals surface area (Å²) in [6.07, 6.45) is 1.34. The van der Waals surface area contributed by atoms with Crippen LogP contribution in [0, 0.1) is 5.92 Å². The van der Waals surface area contributed by atoms with Gasteiger partial charge in [0.1, 0.15) is 5.52 Å². The highest BCUT2D eigenvalue weighted by molar-refractivity contribution is 5.95. The van der Waals surface area contributed by atoms with Gasteiger partial charge in [-0.3, -0.25) is 9.59 Å². The Kier molecular flexibility index (Phi) is 5.85. The minimum absolute atomic E-state index is 0.00896. The predicted octanol–water partition coefficient (Wildman–Crippen LogP) is 3.97. The molecule has 166 valence electrons. The van der Waals surface area contributed by atoms with Crippen molar-refractivity contribution < 1.29 is 9.59 Å². The second-order valence-corrected chi connectivity index (χ2v) is 8.35. The van der Waals surface area contributed by atoms with Crippen LogP contribution in [0.15, 0.2) is 78.9 Å². The lowest BCUT2D eigenvalue weighted by Crippen LogP contribution is -2.41. The Labute approximate surface area is 192 Å². The molecule has 1 aliphatic heterocycles. The molecule has 0 aliphatic carbocycles. The van der Waals surface area contributed by atoms with E-state index in [0.717, 1.165) is 22.3 Å². The maximum absolute atomic E-state index is 13.0. The van der Waals surface area contributed by atoms with Gasteiger partial charge in [0.05, 0.1) is 12.1 Å². The molecule has 3 aromatic carbocycles. The van der Waals surface area contributed by atoms with Gasteiger partial charge in [-0.25, -0.2) is 4.68 Å². The van der Waals surface area contributed by atoms with Gasteiger partial charge in [0.2, 0.25) is 5.91 Å². The number of hydrogen-bond donors (Lipinski definition) is 1. The largest absolute Gasteiger partial charge is 0.339 e. The standard InChI is InChI=1S/C26H25N5O2/c32-25(27-22-6-2-1-3-7-22)20-14-16-30(17-15-20)26(33)21-12-10-19(11-13-21)18-31-24-9-5-4-8-23(24)28-29-31/h1-13,20H,14-18H2,(H,27,32). The highest BCUT2D eigenvalue weighted by Crippen LogP contribution is 2.21. The molecule has 1 aliphatic rings. The van der Waals surface area contributed by atoms with E-state index in [1.807, 2.05) is 88.4 Å². The molecular formula is C26H25N5O2. The smallest absolute Gasteiger partial charge is 0.253 e. The Morgan fingerprint density at radius 1 is 0.879 bits per heavy atom. The summed E-state index contributed by atoms with van der Waals surface area (Å²) < 4.78 is 1.86. The van der Waals surface area contributed by atoms with Crippen LogP contribution in [0.1, 0.15) is 28.8 Å². The van der Waals surface area contributed by atoms with Crippen molar-refractivity contribution in [3.63, 3.8) is 0 Å². The molecule has 5 rings (SSSR count). The van der Waals surface area contributed by atoms with Crippen molar-refractivity contribution in [3.8, 4) is 0 Å². The van der Waals surface area contributed by atoms with Crippen LogP contribution in [0.25, 0.3) is 11.0 Å². The van der Waals surface area contributed by atoms with E-state index >= 15 is 0 Å². The van der Waals surface area contributed by atoms with Crippen molar-refractivity contribution in [3.05, 3.63) is 90.0 Å². The Bertz CT molecular complexity index is 1260. The average molecular weight is 440 g/mol. The van der Waals surface area contributed by atoms with E-state index in [-0.39, 0.29) is 17.7 Å². The van der Waals surface area contributed by atoms with Crippen molar-refractivity contribution in [2.45, 2.75) is 19.4 Å². The quantitative estimate of drug-likeness (QED) is 0.510. The van der Waals surface area contributed by atoms with Crippen LogP contribution in [0.3, 0.4) is 0 Å². The first-order valence-corrected chi connectivity index (χ1v) is 11.2. The van der Waals surface area contributed by atoms with Crippen molar-refractivity contribution in [2.75, 3.05) is 18.4 Å². The maximum atomic E-state index is 13.0. The van der Waals surface area contributed by atoms with Crippen LogP contribution in [0.5, 0.6) is 0 Å². The first-order valence-electron chi connectivity index (χ1n) is 11.2. The highest BCUT2D eigenvalue weighted by Gasteiger charge is 2.27. The topological polar surface area (TPSA) is 80.1 Å². The summed E-state index contributed by atoms with van der Waals surface area (Å²) in [6.45, 7) is 1.76. The SMILES string of the molecule is O=C(Nc1ccccc1)C1CCN(C(=O)c2ccc(Cn3nnc4ccccc43)cc2)CC1. The number of piperidine rings is 1. The molecule has 7 heteroatoms. The number of nitrogens with one attached hydrogen (secondary N) is 1. The third kappa shape index (κ3) is 4.62.